The van der Waals surface area contributed by atoms with E-state index in [2.05, 4.69) is 20.9 Å². The molecule has 0 spiro atoms. The molecule has 0 aliphatic rings. The van der Waals surface area contributed by atoms with Crippen molar-refractivity contribution in [1.29, 1.82) is 0 Å². The summed E-state index contributed by atoms with van der Waals surface area (Å²) in [6.07, 6.45) is 1.73. The SMILES string of the molecule is CN=C(NCCNC(=O)c1ccccc1)NC(C)CCS(C)(=O)=O.I. The number of sulfone groups is 1. The Morgan fingerprint density at radius 1 is 1.16 bits per heavy atom. The van der Waals surface area contributed by atoms with Crippen LogP contribution in [-0.2, 0) is 9.84 Å². The minimum atomic E-state index is -2.97. The average Bonchev–Trinajstić information content (AvgIpc) is 2.55. The summed E-state index contributed by atoms with van der Waals surface area (Å²) in [5, 5.41) is 9.01. The zero-order valence-electron chi connectivity index (χ0n) is 14.8. The van der Waals surface area contributed by atoms with Crippen LogP contribution in [0.15, 0.2) is 35.3 Å². The number of hydrogen-bond donors (Lipinski definition) is 3. The largest absolute Gasteiger partial charge is 0.355 e. The number of amides is 1. The Morgan fingerprint density at radius 3 is 2.32 bits per heavy atom. The van der Waals surface area contributed by atoms with Crippen LogP contribution in [0.5, 0.6) is 0 Å². The molecule has 9 heteroatoms. The number of guanidine groups is 1. The van der Waals surface area contributed by atoms with Crippen LogP contribution < -0.4 is 16.0 Å². The summed E-state index contributed by atoms with van der Waals surface area (Å²) in [5.74, 6) is 0.581. The summed E-state index contributed by atoms with van der Waals surface area (Å²) in [7, 11) is -1.33. The lowest BCUT2D eigenvalue weighted by atomic mass is 10.2. The molecule has 0 fully saturated rings. The normalized spacial score (nSPS) is 12.7. The Labute approximate surface area is 167 Å². The fraction of sp³-hybridized carbons (Fsp3) is 0.500. The van der Waals surface area contributed by atoms with Gasteiger partial charge in [-0.15, -0.1) is 24.0 Å². The molecule has 25 heavy (non-hydrogen) atoms. The van der Waals surface area contributed by atoms with Crippen LogP contribution in [0.1, 0.15) is 23.7 Å². The van der Waals surface area contributed by atoms with Crippen LogP contribution in [0.2, 0.25) is 0 Å². The van der Waals surface area contributed by atoms with Gasteiger partial charge < -0.3 is 16.0 Å². The molecule has 0 aromatic heterocycles. The Kier molecular flexibility index (Phi) is 11.4. The Bertz CT molecular complexity index is 651. The molecule has 0 aliphatic heterocycles. The van der Waals surface area contributed by atoms with E-state index in [1.54, 1.807) is 19.2 Å². The summed E-state index contributed by atoms with van der Waals surface area (Å²) >= 11 is 0. The first-order valence-corrected chi connectivity index (χ1v) is 9.86. The van der Waals surface area contributed by atoms with Crippen molar-refractivity contribution in [1.82, 2.24) is 16.0 Å². The summed E-state index contributed by atoms with van der Waals surface area (Å²) in [5.41, 5.74) is 0.620. The molecule has 1 rings (SSSR count). The van der Waals surface area contributed by atoms with E-state index in [0.29, 0.717) is 31.0 Å². The molecule has 1 atom stereocenters. The second kappa shape index (κ2) is 12.1. The highest BCUT2D eigenvalue weighted by Crippen LogP contribution is 1.97. The molecule has 0 heterocycles. The third-order valence-electron chi connectivity index (χ3n) is 3.27. The summed E-state index contributed by atoms with van der Waals surface area (Å²) < 4.78 is 22.3. The van der Waals surface area contributed by atoms with Crippen molar-refractivity contribution in [2.24, 2.45) is 4.99 Å². The van der Waals surface area contributed by atoms with Crippen LogP contribution in [0.3, 0.4) is 0 Å². The van der Waals surface area contributed by atoms with Crippen molar-refractivity contribution in [3.05, 3.63) is 35.9 Å². The number of nitrogens with zero attached hydrogens (tertiary/aromatic N) is 1. The van der Waals surface area contributed by atoms with Gasteiger partial charge in [-0.1, -0.05) is 18.2 Å². The standard InChI is InChI=1S/C16H26N4O3S.HI/c1-13(9-12-24(3,22)23)20-16(17-2)19-11-10-18-15(21)14-7-5-4-6-8-14;/h4-8,13H,9-12H2,1-3H3,(H,18,21)(H2,17,19,20);1H. The molecule has 0 aliphatic carbocycles. The highest BCUT2D eigenvalue weighted by molar-refractivity contribution is 14.0. The first-order chi connectivity index (χ1) is 11.3. The van der Waals surface area contributed by atoms with E-state index in [1.165, 1.54) is 6.26 Å². The maximum atomic E-state index is 11.9. The van der Waals surface area contributed by atoms with Gasteiger partial charge >= 0.3 is 0 Å². The van der Waals surface area contributed by atoms with E-state index < -0.39 is 9.84 Å². The highest BCUT2D eigenvalue weighted by Gasteiger charge is 2.09. The minimum Gasteiger partial charge on any atom is -0.355 e. The fourth-order valence-corrected chi connectivity index (χ4v) is 2.72. The topological polar surface area (TPSA) is 99.7 Å². The average molecular weight is 482 g/mol. The van der Waals surface area contributed by atoms with Gasteiger partial charge in [-0.3, -0.25) is 9.79 Å². The zero-order chi connectivity index (χ0) is 18.0. The Hall–Kier alpha value is -1.36. The second-order valence-corrected chi connectivity index (χ2v) is 7.84. The number of carbonyl (C=O) groups is 1. The van der Waals surface area contributed by atoms with Crippen molar-refractivity contribution >= 4 is 45.7 Å². The Morgan fingerprint density at radius 2 is 1.76 bits per heavy atom. The van der Waals surface area contributed by atoms with Gasteiger partial charge in [0, 0.05) is 38.0 Å². The van der Waals surface area contributed by atoms with E-state index >= 15 is 0 Å². The zero-order valence-corrected chi connectivity index (χ0v) is 17.9. The molecule has 1 aromatic rings. The molecule has 1 amide bonds. The predicted octanol–water partition coefficient (Wildman–Crippen LogP) is 1.02. The van der Waals surface area contributed by atoms with Gasteiger partial charge in [0.05, 0.1) is 5.75 Å². The van der Waals surface area contributed by atoms with E-state index in [9.17, 15) is 13.2 Å². The molecule has 142 valence electrons. The molecule has 0 saturated heterocycles. The van der Waals surface area contributed by atoms with Gasteiger partial charge in [-0.05, 0) is 25.5 Å². The van der Waals surface area contributed by atoms with Crippen LogP contribution in [-0.4, -0.2) is 58.5 Å². The second-order valence-electron chi connectivity index (χ2n) is 5.58. The lowest BCUT2D eigenvalue weighted by Gasteiger charge is -2.17. The van der Waals surface area contributed by atoms with Crippen LogP contribution in [0.4, 0.5) is 0 Å². The van der Waals surface area contributed by atoms with Gasteiger partial charge in [0.25, 0.3) is 5.91 Å². The van der Waals surface area contributed by atoms with Gasteiger partial charge in [0.1, 0.15) is 9.84 Å². The third kappa shape index (κ3) is 11.0. The number of nitrogens with one attached hydrogen (secondary N) is 3. The number of carbonyl (C=O) groups excluding carboxylic acids is 1. The molecular formula is C16H27IN4O3S. The maximum Gasteiger partial charge on any atom is 0.251 e. The third-order valence-corrected chi connectivity index (χ3v) is 4.24. The van der Waals surface area contributed by atoms with Crippen molar-refractivity contribution in [2.45, 2.75) is 19.4 Å². The Balaban J connectivity index is 0.00000576. The van der Waals surface area contributed by atoms with Gasteiger partial charge in [-0.2, -0.15) is 0 Å². The first kappa shape index (κ1) is 23.6. The van der Waals surface area contributed by atoms with Crippen molar-refractivity contribution < 1.29 is 13.2 Å². The van der Waals surface area contributed by atoms with Crippen LogP contribution in [0, 0.1) is 0 Å². The lowest BCUT2D eigenvalue weighted by molar-refractivity contribution is 0.0954. The number of hydrogen-bond acceptors (Lipinski definition) is 4. The molecule has 0 radical (unpaired) electrons. The summed E-state index contributed by atoms with van der Waals surface area (Å²) in [4.78, 5) is 16.0. The number of rotatable bonds is 8. The smallest absolute Gasteiger partial charge is 0.251 e. The van der Waals surface area contributed by atoms with Gasteiger partial charge in [0.15, 0.2) is 5.96 Å². The lowest BCUT2D eigenvalue weighted by Crippen LogP contribution is -2.45. The van der Waals surface area contributed by atoms with Crippen molar-refractivity contribution in [3.63, 3.8) is 0 Å². The van der Waals surface area contributed by atoms with Gasteiger partial charge in [-0.25, -0.2) is 8.42 Å². The molecular weight excluding hydrogens is 455 g/mol. The van der Waals surface area contributed by atoms with Crippen LogP contribution >= 0.6 is 24.0 Å². The molecule has 0 bridgehead atoms. The van der Waals surface area contributed by atoms with Crippen molar-refractivity contribution in [2.75, 3.05) is 32.1 Å². The monoisotopic (exact) mass is 482 g/mol. The fourth-order valence-electron chi connectivity index (χ4n) is 1.94. The molecule has 1 unspecified atom stereocenters. The molecule has 3 N–H and O–H groups in total. The van der Waals surface area contributed by atoms with Crippen LogP contribution in [0.25, 0.3) is 0 Å². The van der Waals surface area contributed by atoms with E-state index in [0.717, 1.165) is 0 Å². The van der Waals surface area contributed by atoms with Gasteiger partial charge in [0.2, 0.25) is 0 Å². The molecule has 1 aromatic carbocycles. The minimum absolute atomic E-state index is 0. The summed E-state index contributed by atoms with van der Waals surface area (Å²) in [6, 6.07) is 8.98. The highest BCUT2D eigenvalue weighted by atomic mass is 127. The quantitative estimate of drug-likeness (QED) is 0.223. The number of benzene rings is 1. The predicted molar refractivity (Wildman–Crippen MR) is 112 cm³/mol. The van der Waals surface area contributed by atoms with E-state index in [-0.39, 0.29) is 41.7 Å². The number of halogens is 1. The molecule has 7 nitrogen and oxygen atoms in total. The van der Waals surface area contributed by atoms with E-state index in [1.807, 2.05) is 25.1 Å². The van der Waals surface area contributed by atoms with Crippen molar-refractivity contribution in [3.8, 4) is 0 Å². The number of aliphatic imine (C=N–C) groups is 1. The summed E-state index contributed by atoms with van der Waals surface area (Å²) in [6.45, 7) is 2.86. The molecule has 0 saturated carbocycles. The van der Waals surface area contributed by atoms with E-state index in [4.69, 9.17) is 0 Å². The first-order valence-electron chi connectivity index (χ1n) is 7.80. The maximum absolute atomic E-state index is 11.9.